The number of hydrogen-bond donors (Lipinski definition) is 5. The molecule has 2 amide bonds. The molecule has 1 aliphatic rings. The number of carbonyl (C=O) groups is 3. The van der Waals surface area contributed by atoms with Crippen LogP contribution in [0.15, 0.2) is 41.3 Å². The zero-order chi connectivity index (χ0) is 33.6. The zero-order valence-electron chi connectivity index (χ0n) is 24.7. The summed E-state index contributed by atoms with van der Waals surface area (Å²) in [5.74, 6) is -2.20. The number of nitrogens with two attached hydrogens (primary N) is 1. The molecule has 0 spiro atoms. The molecule has 3 aromatic rings. The van der Waals surface area contributed by atoms with Crippen molar-refractivity contribution in [3.05, 3.63) is 41.8 Å². The molecular weight excluding hydrogens is 650 g/mol. The van der Waals surface area contributed by atoms with Crippen LogP contribution in [-0.4, -0.2) is 90.4 Å². The number of aliphatic carboxylic acids is 1. The Bertz CT molecular complexity index is 1710. The van der Waals surface area contributed by atoms with Gasteiger partial charge in [0.05, 0.1) is 11.7 Å². The van der Waals surface area contributed by atoms with Gasteiger partial charge < -0.3 is 35.6 Å². The van der Waals surface area contributed by atoms with Crippen molar-refractivity contribution in [1.82, 2.24) is 29.9 Å². The Morgan fingerprint density at radius 3 is 2.63 bits per heavy atom. The number of carboxylic acid groups (broad SMARTS) is 1. The molecule has 4 rings (SSSR count). The van der Waals surface area contributed by atoms with E-state index in [1.165, 1.54) is 25.4 Å². The molecule has 19 nitrogen and oxygen atoms in total. The third-order valence-electron chi connectivity index (χ3n) is 6.49. The monoisotopic (exact) mass is 681 g/mol. The van der Waals surface area contributed by atoms with Crippen LogP contribution in [0, 0.1) is 0 Å². The Labute approximate surface area is 266 Å². The number of rotatable bonds is 16. The second-order valence-corrected chi connectivity index (χ2v) is 12.1. The minimum Gasteiger partial charge on any atom is -0.487 e. The lowest BCUT2D eigenvalue weighted by Gasteiger charge is -2.50. The minimum absolute atomic E-state index is 0.0526. The fourth-order valence-corrected chi connectivity index (χ4v) is 5.05. The van der Waals surface area contributed by atoms with Crippen molar-refractivity contribution in [2.45, 2.75) is 57.8 Å². The van der Waals surface area contributed by atoms with E-state index in [1.54, 1.807) is 18.3 Å². The molecule has 3 aromatic heterocycles. The van der Waals surface area contributed by atoms with Crippen molar-refractivity contribution in [2.24, 2.45) is 5.16 Å². The second-order valence-electron chi connectivity index (χ2n) is 10.3. The largest absolute Gasteiger partial charge is 0.487 e. The number of unbranched alkanes of at least 4 members (excludes halogenated alkanes) is 1. The molecule has 0 aliphatic carbocycles. The van der Waals surface area contributed by atoms with Crippen LogP contribution in [-0.2, 0) is 40.4 Å². The first kappa shape index (κ1) is 34.0. The summed E-state index contributed by atoms with van der Waals surface area (Å²) in [7, 11) is -5.02. The van der Waals surface area contributed by atoms with Gasteiger partial charge >= 0.3 is 16.4 Å². The average molecular weight is 682 g/mol. The van der Waals surface area contributed by atoms with Gasteiger partial charge in [-0.15, -0.1) is 15.6 Å². The topological polar surface area (TPSA) is 263 Å². The number of carboxylic acids is 1. The lowest BCUT2D eigenvalue weighted by atomic mass is 9.84. The van der Waals surface area contributed by atoms with Crippen LogP contribution >= 0.6 is 11.3 Å². The quantitative estimate of drug-likeness (QED) is 0.0610. The number of nitrogens with one attached hydrogen (secondary N) is 2. The van der Waals surface area contributed by atoms with Crippen LogP contribution in [0.4, 0.5) is 16.9 Å². The van der Waals surface area contributed by atoms with Gasteiger partial charge in [-0.3, -0.25) is 14.1 Å². The number of hydrogen-bond acceptors (Lipinski definition) is 15. The molecule has 0 saturated carbocycles. The lowest BCUT2D eigenvalue weighted by Crippen LogP contribution is -2.76. The highest BCUT2D eigenvalue weighted by molar-refractivity contribution is 7.80. The van der Waals surface area contributed by atoms with Crippen LogP contribution in [0.1, 0.15) is 39.3 Å². The van der Waals surface area contributed by atoms with Crippen molar-refractivity contribution >= 4 is 62.1 Å². The normalized spacial score (nSPS) is 16.8. The van der Waals surface area contributed by atoms with Crippen molar-refractivity contribution in [3.8, 4) is 5.75 Å². The maximum atomic E-state index is 13.2. The molecule has 4 heterocycles. The highest BCUT2D eigenvalue weighted by Crippen LogP contribution is 2.33. The molecule has 0 bridgehead atoms. The van der Waals surface area contributed by atoms with Gasteiger partial charge in [-0.05, 0) is 32.4 Å². The standard InChI is InChI=1S/C25H31N9O10S2/c1-4-5-9-33-10-8-27-24(33)30-17-7-6-14(11-28-17)42-12-16(22(37)38)43-32-18(15-13-45-23(26)29-15)20(35)31-19-21(36)34(25(19,2)3)44-46(39,40)41/h6-8,10-11,13,16,19H,4-5,9,12H2,1-3H3,(H2,26,29)(H,31,35)(H,37,38)(H,27,28,30)(H,39,40,41)/b32-18-/t16-,19+/m0/s1. The van der Waals surface area contributed by atoms with Crippen molar-refractivity contribution in [1.29, 1.82) is 0 Å². The first-order chi connectivity index (χ1) is 21.7. The number of thiazole rings is 1. The summed E-state index contributed by atoms with van der Waals surface area (Å²) in [6.07, 6.45) is 5.20. The van der Waals surface area contributed by atoms with Crippen LogP contribution in [0.3, 0.4) is 0 Å². The number of hydroxylamine groups is 2. The molecule has 0 unspecified atom stereocenters. The van der Waals surface area contributed by atoms with Gasteiger partial charge in [0.25, 0.3) is 17.9 Å². The van der Waals surface area contributed by atoms with Crippen LogP contribution in [0.5, 0.6) is 5.75 Å². The van der Waals surface area contributed by atoms with Gasteiger partial charge in [-0.1, -0.05) is 18.5 Å². The van der Waals surface area contributed by atoms with E-state index in [-0.39, 0.29) is 16.6 Å². The first-order valence-corrected chi connectivity index (χ1v) is 15.8. The van der Waals surface area contributed by atoms with Gasteiger partial charge in [0.2, 0.25) is 5.95 Å². The predicted octanol–water partition coefficient (Wildman–Crippen LogP) is 0.953. The van der Waals surface area contributed by atoms with E-state index >= 15 is 0 Å². The number of β-lactam (4-membered cyclic amide) rings is 1. The molecule has 6 N–H and O–H groups in total. The van der Waals surface area contributed by atoms with E-state index in [0.29, 0.717) is 16.8 Å². The van der Waals surface area contributed by atoms with E-state index in [1.807, 2.05) is 10.8 Å². The third kappa shape index (κ3) is 8.24. The number of ether oxygens (including phenoxy) is 1. The van der Waals surface area contributed by atoms with E-state index in [9.17, 15) is 27.9 Å². The zero-order valence-corrected chi connectivity index (χ0v) is 26.3. The molecule has 1 aliphatic heterocycles. The number of nitrogen functional groups attached to an aromatic ring is 1. The molecule has 1 saturated heterocycles. The summed E-state index contributed by atoms with van der Waals surface area (Å²) in [5.41, 5.74) is 3.62. The molecular formula is C25H31N9O10S2. The SMILES string of the molecule is CCCCn1ccnc1Nc1ccc(OC[C@H](O/N=C(\C(=O)N[C@@H]2C(=O)N(OS(=O)(=O)O)C2(C)C)c2csc(N)n2)C(=O)O)cn1. The molecule has 21 heteroatoms. The Morgan fingerprint density at radius 1 is 1.28 bits per heavy atom. The lowest BCUT2D eigenvalue weighted by molar-refractivity contribution is -0.218. The van der Waals surface area contributed by atoms with Crippen LogP contribution in [0.2, 0.25) is 0 Å². The van der Waals surface area contributed by atoms with Gasteiger partial charge in [0.1, 0.15) is 29.9 Å². The number of pyridine rings is 1. The maximum Gasteiger partial charge on any atom is 0.418 e. The van der Waals surface area contributed by atoms with E-state index in [0.717, 1.165) is 30.7 Å². The summed E-state index contributed by atoms with van der Waals surface area (Å²) in [6.45, 7) is 5.05. The van der Waals surface area contributed by atoms with E-state index in [4.69, 9.17) is 19.9 Å². The first-order valence-electron chi connectivity index (χ1n) is 13.6. The smallest absolute Gasteiger partial charge is 0.418 e. The summed E-state index contributed by atoms with van der Waals surface area (Å²) < 4.78 is 42.8. The predicted molar refractivity (Wildman–Crippen MR) is 161 cm³/mol. The number of imidazole rings is 1. The maximum absolute atomic E-state index is 13.2. The van der Waals surface area contributed by atoms with Crippen molar-refractivity contribution in [2.75, 3.05) is 17.7 Å². The van der Waals surface area contributed by atoms with Crippen LogP contribution in [0.25, 0.3) is 0 Å². The van der Waals surface area contributed by atoms with Gasteiger partial charge in [0.15, 0.2) is 10.8 Å². The number of aromatic nitrogens is 4. The fraction of sp³-hybridized carbons (Fsp3) is 0.400. The number of carbonyl (C=O) groups excluding carboxylic acids is 2. The Hall–Kier alpha value is -4.86. The Balaban J connectivity index is 1.42. The van der Waals surface area contributed by atoms with Crippen molar-refractivity contribution in [3.63, 3.8) is 0 Å². The molecule has 1 fully saturated rings. The second kappa shape index (κ2) is 14.1. The summed E-state index contributed by atoms with van der Waals surface area (Å²) in [5, 5.41) is 20.6. The van der Waals surface area contributed by atoms with Crippen molar-refractivity contribution < 1.29 is 46.3 Å². The summed E-state index contributed by atoms with van der Waals surface area (Å²) in [6, 6.07) is 1.84. The highest BCUT2D eigenvalue weighted by atomic mass is 32.3. The molecule has 46 heavy (non-hydrogen) atoms. The van der Waals surface area contributed by atoms with Gasteiger partial charge in [-0.2, -0.15) is 13.5 Å². The fourth-order valence-electron chi connectivity index (χ4n) is 4.05. The summed E-state index contributed by atoms with van der Waals surface area (Å²) >= 11 is 0.952. The number of amides is 2. The average Bonchev–Trinajstić information content (AvgIpc) is 3.63. The minimum atomic E-state index is -5.02. The number of oxime groups is 1. The number of nitrogens with zero attached hydrogens (tertiary/aromatic N) is 6. The highest BCUT2D eigenvalue weighted by Gasteiger charge is 2.58. The third-order valence-corrected chi connectivity index (χ3v) is 7.50. The Kier molecular flexibility index (Phi) is 10.4. The summed E-state index contributed by atoms with van der Waals surface area (Å²) in [4.78, 5) is 55.2. The number of anilines is 3. The molecule has 2 atom stereocenters. The van der Waals surface area contributed by atoms with Crippen LogP contribution < -0.4 is 21.1 Å². The molecule has 0 aromatic carbocycles. The van der Waals surface area contributed by atoms with Gasteiger partial charge in [0, 0.05) is 24.3 Å². The van der Waals surface area contributed by atoms with E-state index in [2.05, 4.69) is 41.9 Å². The van der Waals surface area contributed by atoms with E-state index < -0.39 is 58.2 Å². The molecule has 0 radical (unpaired) electrons. The number of aryl methyl sites for hydroxylation is 1. The Morgan fingerprint density at radius 2 is 2.04 bits per heavy atom. The molecule has 248 valence electrons. The van der Waals surface area contributed by atoms with Gasteiger partial charge in [-0.25, -0.2) is 19.7 Å².